The molecule has 0 bridgehead atoms. The van der Waals surface area contributed by atoms with Crippen molar-refractivity contribution in [1.82, 2.24) is 4.98 Å². The second kappa shape index (κ2) is 7.07. The number of hydrogen-bond acceptors (Lipinski definition) is 5. The highest BCUT2D eigenvalue weighted by molar-refractivity contribution is 6.31. The number of halogens is 1. The molecule has 0 fully saturated rings. The summed E-state index contributed by atoms with van der Waals surface area (Å²) in [5.41, 5.74) is 1.69. The number of nitrogens with zero attached hydrogens (tertiary/aromatic N) is 3. The van der Waals surface area contributed by atoms with Crippen molar-refractivity contribution >= 4 is 28.9 Å². The number of aromatic nitrogens is 1. The van der Waals surface area contributed by atoms with Gasteiger partial charge < -0.3 is 19.3 Å². The van der Waals surface area contributed by atoms with Crippen LogP contribution in [0.3, 0.4) is 0 Å². The first-order valence-corrected chi connectivity index (χ1v) is 7.89. The van der Waals surface area contributed by atoms with E-state index in [0.29, 0.717) is 42.0 Å². The van der Waals surface area contributed by atoms with Crippen molar-refractivity contribution in [2.45, 2.75) is 0 Å². The Kier molecular flexibility index (Phi) is 4.87. The van der Waals surface area contributed by atoms with Gasteiger partial charge in [-0.1, -0.05) is 23.7 Å². The first-order chi connectivity index (χ1) is 11.6. The number of rotatable bonds is 4. The summed E-state index contributed by atoms with van der Waals surface area (Å²) in [5, 5.41) is 0.465. The molecule has 126 valence electrons. The summed E-state index contributed by atoms with van der Waals surface area (Å²) in [5.74, 6) is 0.498. The van der Waals surface area contributed by atoms with Gasteiger partial charge in [-0.3, -0.25) is 4.79 Å². The van der Waals surface area contributed by atoms with Crippen LogP contribution in [-0.4, -0.2) is 44.9 Å². The molecule has 2 heterocycles. The van der Waals surface area contributed by atoms with Crippen LogP contribution in [0.2, 0.25) is 5.02 Å². The van der Waals surface area contributed by atoms with Crippen LogP contribution in [0.15, 0.2) is 36.5 Å². The Morgan fingerprint density at radius 2 is 2.25 bits per heavy atom. The third kappa shape index (κ3) is 3.16. The van der Waals surface area contributed by atoms with Gasteiger partial charge >= 0.3 is 0 Å². The molecule has 1 amide bonds. The van der Waals surface area contributed by atoms with Gasteiger partial charge in [0.05, 0.1) is 22.9 Å². The fourth-order valence-corrected chi connectivity index (χ4v) is 2.81. The maximum absolute atomic E-state index is 13.1. The lowest BCUT2D eigenvalue weighted by molar-refractivity contribution is 0.0972. The number of benzene rings is 1. The van der Waals surface area contributed by atoms with Gasteiger partial charge in [0.15, 0.2) is 5.69 Å². The number of hydrogen-bond donors (Lipinski definition) is 0. The van der Waals surface area contributed by atoms with Gasteiger partial charge in [-0.2, -0.15) is 0 Å². The van der Waals surface area contributed by atoms with Gasteiger partial charge in [-0.15, -0.1) is 0 Å². The lowest BCUT2D eigenvalue weighted by Crippen LogP contribution is -2.39. The maximum atomic E-state index is 13.1. The highest BCUT2D eigenvalue weighted by Gasteiger charge is 2.28. The number of carbonyl (C=O) groups excluding carboxylic acids is 1. The van der Waals surface area contributed by atoms with E-state index in [-0.39, 0.29) is 5.91 Å². The second-order valence-electron chi connectivity index (χ2n) is 5.41. The summed E-state index contributed by atoms with van der Waals surface area (Å²) in [4.78, 5) is 20.8. The van der Waals surface area contributed by atoms with E-state index in [4.69, 9.17) is 21.1 Å². The standard InChI is InChI=1S/C17H18ClN3O3/c1-20(11-23-2)14-9-12(18)10-19-16(14)17(22)21-7-8-24-15-6-4-3-5-13(15)21/h3-6,9-10H,7-8,11H2,1-2H3. The molecule has 0 spiro atoms. The smallest absolute Gasteiger partial charge is 0.279 e. The lowest BCUT2D eigenvalue weighted by Gasteiger charge is -2.30. The minimum atomic E-state index is -0.194. The van der Waals surface area contributed by atoms with E-state index in [2.05, 4.69) is 4.98 Å². The molecule has 1 aliphatic rings. The predicted molar refractivity (Wildman–Crippen MR) is 93.1 cm³/mol. The molecule has 6 nitrogen and oxygen atoms in total. The lowest BCUT2D eigenvalue weighted by atomic mass is 10.2. The van der Waals surface area contributed by atoms with Gasteiger partial charge in [-0.25, -0.2) is 4.98 Å². The molecule has 0 aliphatic carbocycles. The van der Waals surface area contributed by atoms with Crippen molar-refractivity contribution in [3.63, 3.8) is 0 Å². The van der Waals surface area contributed by atoms with E-state index in [9.17, 15) is 4.79 Å². The minimum Gasteiger partial charge on any atom is -0.490 e. The van der Waals surface area contributed by atoms with E-state index in [1.165, 1.54) is 6.20 Å². The topological polar surface area (TPSA) is 54.9 Å². The molecule has 1 aromatic heterocycles. The Bertz CT molecular complexity index is 754. The molecule has 1 aromatic carbocycles. The first-order valence-electron chi connectivity index (χ1n) is 7.51. The van der Waals surface area contributed by atoms with Crippen LogP contribution >= 0.6 is 11.6 Å². The summed E-state index contributed by atoms with van der Waals surface area (Å²) in [6.07, 6.45) is 1.48. The van der Waals surface area contributed by atoms with Gasteiger partial charge in [0.25, 0.3) is 5.91 Å². The number of pyridine rings is 1. The van der Waals surface area contributed by atoms with Crippen LogP contribution in [0.5, 0.6) is 5.75 Å². The molecule has 0 saturated heterocycles. The average Bonchev–Trinajstić information content (AvgIpc) is 2.61. The molecule has 3 rings (SSSR count). The Balaban J connectivity index is 1.99. The first kappa shape index (κ1) is 16.5. The molecular weight excluding hydrogens is 330 g/mol. The summed E-state index contributed by atoms with van der Waals surface area (Å²) in [6, 6.07) is 9.18. The van der Waals surface area contributed by atoms with Gasteiger partial charge in [0.2, 0.25) is 0 Å². The summed E-state index contributed by atoms with van der Waals surface area (Å²) < 4.78 is 10.8. The van der Waals surface area contributed by atoms with Crippen LogP contribution in [0.4, 0.5) is 11.4 Å². The quantitative estimate of drug-likeness (QED) is 0.796. The molecule has 2 aromatic rings. The van der Waals surface area contributed by atoms with Crippen molar-refractivity contribution in [2.24, 2.45) is 0 Å². The van der Waals surface area contributed by atoms with Crippen molar-refractivity contribution < 1.29 is 14.3 Å². The fraction of sp³-hybridized carbons (Fsp3) is 0.294. The van der Waals surface area contributed by atoms with Crippen molar-refractivity contribution in [1.29, 1.82) is 0 Å². The minimum absolute atomic E-state index is 0.194. The molecule has 0 unspecified atom stereocenters. The van der Waals surface area contributed by atoms with E-state index in [1.807, 2.05) is 31.3 Å². The fourth-order valence-electron chi connectivity index (χ4n) is 2.66. The highest BCUT2D eigenvalue weighted by Crippen LogP contribution is 2.33. The molecule has 0 N–H and O–H groups in total. The van der Waals surface area contributed by atoms with Crippen LogP contribution in [0.25, 0.3) is 0 Å². The van der Waals surface area contributed by atoms with Crippen LogP contribution < -0.4 is 14.5 Å². The molecule has 0 radical (unpaired) electrons. The summed E-state index contributed by atoms with van der Waals surface area (Å²) >= 11 is 6.06. The number of ether oxygens (including phenoxy) is 2. The molecule has 0 atom stereocenters. The van der Waals surface area contributed by atoms with Gasteiger partial charge in [0.1, 0.15) is 19.1 Å². The van der Waals surface area contributed by atoms with Gasteiger partial charge in [0, 0.05) is 20.4 Å². The summed E-state index contributed by atoms with van der Waals surface area (Å²) in [7, 11) is 3.41. The zero-order valence-corrected chi connectivity index (χ0v) is 14.3. The molecular formula is C17H18ClN3O3. The monoisotopic (exact) mass is 347 g/mol. The van der Waals surface area contributed by atoms with E-state index in [0.717, 1.165) is 5.69 Å². The molecule has 7 heteroatoms. The molecule has 1 aliphatic heterocycles. The Hall–Kier alpha value is -2.31. The highest BCUT2D eigenvalue weighted by atomic mass is 35.5. The van der Waals surface area contributed by atoms with Crippen molar-refractivity contribution in [3.8, 4) is 5.75 Å². The van der Waals surface area contributed by atoms with E-state index < -0.39 is 0 Å². The van der Waals surface area contributed by atoms with Crippen molar-refractivity contribution in [3.05, 3.63) is 47.2 Å². The van der Waals surface area contributed by atoms with Crippen molar-refractivity contribution in [2.75, 3.05) is 43.8 Å². The normalized spacial score (nSPS) is 13.2. The average molecular weight is 348 g/mol. The number of para-hydroxylation sites is 2. The van der Waals surface area contributed by atoms with E-state index in [1.54, 1.807) is 23.0 Å². The molecule has 24 heavy (non-hydrogen) atoms. The number of carbonyl (C=O) groups is 1. The Labute approximate surface area is 145 Å². The zero-order valence-electron chi connectivity index (χ0n) is 13.5. The number of methoxy groups -OCH3 is 1. The predicted octanol–water partition coefficient (Wildman–Crippen LogP) is 2.81. The Morgan fingerprint density at radius 3 is 3.04 bits per heavy atom. The van der Waals surface area contributed by atoms with Crippen LogP contribution in [-0.2, 0) is 4.74 Å². The van der Waals surface area contributed by atoms with E-state index >= 15 is 0 Å². The molecule has 0 saturated carbocycles. The second-order valence-corrected chi connectivity index (χ2v) is 5.85. The third-order valence-corrected chi connectivity index (χ3v) is 3.95. The van der Waals surface area contributed by atoms with Crippen LogP contribution in [0.1, 0.15) is 10.5 Å². The largest absolute Gasteiger partial charge is 0.490 e. The SMILES string of the molecule is COCN(C)c1cc(Cl)cnc1C(=O)N1CCOc2ccccc21. The number of fused-ring (bicyclic) bond motifs is 1. The summed E-state index contributed by atoms with van der Waals surface area (Å²) in [6.45, 7) is 1.23. The van der Waals surface area contributed by atoms with Gasteiger partial charge in [-0.05, 0) is 18.2 Å². The third-order valence-electron chi connectivity index (χ3n) is 3.74. The van der Waals surface area contributed by atoms with Crippen LogP contribution in [0, 0.1) is 0 Å². The maximum Gasteiger partial charge on any atom is 0.279 e. The zero-order chi connectivity index (χ0) is 17.1. The Morgan fingerprint density at radius 1 is 1.46 bits per heavy atom. The number of anilines is 2. The number of amides is 1.